The summed E-state index contributed by atoms with van der Waals surface area (Å²) in [5, 5.41) is 10.1. The number of carbonyl (C=O) groups is 1. The molecule has 27 heavy (non-hydrogen) atoms. The van der Waals surface area contributed by atoms with E-state index in [9.17, 15) is 4.79 Å². The fourth-order valence-corrected chi connectivity index (χ4v) is 3.60. The van der Waals surface area contributed by atoms with E-state index in [2.05, 4.69) is 25.5 Å². The van der Waals surface area contributed by atoms with Gasteiger partial charge in [0.1, 0.15) is 0 Å². The van der Waals surface area contributed by atoms with Gasteiger partial charge in [0, 0.05) is 29.7 Å². The molecule has 6 heteroatoms. The van der Waals surface area contributed by atoms with Crippen LogP contribution in [0.2, 0.25) is 0 Å². The molecular formula is C21H23N5O. The van der Waals surface area contributed by atoms with Crippen molar-refractivity contribution in [1.82, 2.24) is 20.2 Å². The molecule has 0 aliphatic heterocycles. The van der Waals surface area contributed by atoms with Gasteiger partial charge in [0.15, 0.2) is 11.6 Å². The average molecular weight is 361 g/mol. The van der Waals surface area contributed by atoms with Gasteiger partial charge in [-0.05, 0) is 12.3 Å². The zero-order chi connectivity index (χ0) is 18.5. The quantitative estimate of drug-likeness (QED) is 0.712. The maximum Gasteiger partial charge on any atom is 0.260 e. The molecule has 1 aromatic carbocycles. The minimum absolute atomic E-state index is 0.259. The molecule has 0 radical (unpaired) electrons. The lowest BCUT2D eigenvalue weighted by molar-refractivity contribution is 0.102. The molecule has 0 saturated heterocycles. The SMILES string of the molecule is O=C(Nc1cc(CC2CCCCC2)[nH]n1)c1cnc(-c2ccccc2)nc1. The van der Waals surface area contributed by atoms with Gasteiger partial charge in [0.2, 0.25) is 0 Å². The van der Waals surface area contributed by atoms with Crippen molar-refractivity contribution in [2.45, 2.75) is 38.5 Å². The molecule has 2 aromatic heterocycles. The van der Waals surface area contributed by atoms with E-state index in [1.54, 1.807) is 12.4 Å². The first-order chi connectivity index (χ1) is 13.3. The van der Waals surface area contributed by atoms with Gasteiger partial charge in [0.25, 0.3) is 5.91 Å². The van der Waals surface area contributed by atoms with Crippen molar-refractivity contribution in [1.29, 1.82) is 0 Å². The summed E-state index contributed by atoms with van der Waals surface area (Å²) in [6, 6.07) is 11.6. The lowest BCUT2D eigenvalue weighted by Gasteiger charge is -2.20. The van der Waals surface area contributed by atoms with Gasteiger partial charge >= 0.3 is 0 Å². The highest BCUT2D eigenvalue weighted by Gasteiger charge is 2.16. The van der Waals surface area contributed by atoms with E-state index in [1.165, 1.54) is 32.1 Å². The predicted molar refractivity (Wildman–Crippen MR) is 104 cm³/mol. The standard InChI is InChI=1S/C21H23N5O/c27-21(17-13-22-20(23-14-17)16-9-5-2-6-10-16)24-19-12-18(25-26-19)11-15-7-3-1-4-8-15/h2,5-6,9-10,12-15H,1,3-4,7-8,11H2,(H2,24,25,26,27). The number of nitrogens with one attached hydrogen (secondary N) is 2. The molecule has 0 unspecified atom stereocenters. The van der Waals surface area contributed by atoms with Crippen LogP contribution in [0, 0.1) is 5.92 Å². The Morgan fingerprint density at radius 3 is 2.56 bits per heavy atom. The van der Waals surface area contributed by atoms with Gasteiger partial charge in [-0.1, -0.05) is 62.4 Å². The Labute approximate surface area is 158 Å². The monoisotopic (exact) mass is 361 g/mol. The number of aromatic amines is 1. The smallest absolute Gasteiger partial charge is 0.260 e. The maximum atomic E-state index is 12.4. The lowest BCUT2D eigenvalue weighted by atomic mass is 9.86. The summed E-state index contributed by atoms with van der Waals surface area (Å²) in [6.45, 7) is 0. The van der Waals surface area contributed by atoms with Crippen LogP contribution in [0.5, 0.6) is 0 Å². The molecule has 1 saturated carbocycles. The second-order valence-electron chi connectivity index (χ2n) is 7.10. The van der Waals surface area contributed by atoms with Crippen LogP contribution in [-0.4, -0.2) is 26.1 Å². The number of H-pyrrole nitrogens is 1. The molecule has 0 bridgehead atoms. The number of hydrogen-bond acceptors (Lipinski definition) is 4. The van der Waals surface area contributed by atoms with E-state index in [-0.39, 0.29) is 5.91 Å². The summed E-state index contributed by atoms with van der Waals surface area (Å²) in [5.74, 6) is 1.60. The largest absolute Gasteiger partial charge is 0.305 e. The van der Waals surface area contributed by atoms with Gasteiger partial charge in [-0.3, -0.25) is 9.89 Å². The van der Waals surface area contributed by atoms with Gasteiger partial charge in [-0.25, -0.2) is 9.97 Å². The van der Waals surface area contributed by atoms with E-state index < -0.39 is 0 Å². The number of rotatable bonds is 5. The van der Waals surface area contributed by atoms with Crippen molar-refractivity contribution in [2.24, 2.45) is 5.92 Å². The fourth-order valence-electron chi connectivity index (χ4n) is 3.60. The number of anilines is 1. The molecule has 1 aliphatic rings. The molecular weight excluding hydrogens is 338 g/mol. The highest BCUT2D eigenvalue weighted by atomic mass is 16.1. The van der Waals surface area contributed by atoms with Gasteiger partial charge in [0.05, 0.1) is 5.56 Å². The maximum absolute atomic E-state index is 12.4. The van der Waals surface area contributed by atoms with E-state index >= 15 is 0 Å². The zero-order valence-corrected chi connectivity index (χ0v) is 15.2. The van der Waals surface area contributed by atoms with Crippen LogP contribution in [0.3, 0.4) is 0 Å². The number of aromatic nitrogens is 4. The van der Waals surface area contributed by atoms with Crippen molar-refractivity contribution >= 4 is 11.7 Å². The van der Waals surface area contributed by atoms with Crippen LogP contribution in [0.4, 0.5) is 5.82 Å². The second-order valence-corrected chi connectivity index (χ2v) is 7.10. The van der Waals surface area contributed by atoms with Crippen molar-refractivity contribution in [3.05, 3.63) is 60.0 Å². The van der Waals surface area contributed by atoms with E-state index in [1.807, 2.05) is 36.4 Å². The summed E-state index contributed by atoms with van der Waals surface area (Å²) >= 11 is 0. The first-order valence-electron chi connectivity index (χ1n) is 9.51. The predicted octanol–water partition coefficient (Wildman–Crippen LogP) is 4.24. The van der Waals surface area contributed by atoms with Crippen LogP contribution in [0.25, 0.3) is 11.4 Å². The average Bonchev–Trinajstić information content (AvgIpc) is 3.16. The summed E-state index contributed by atoms with van der Waals surface area (Å²) in [6.07, 6.45) is 10.6. The van der Waals surface area contributed by atoms with Crippen LogP contribution in [0.15, 0.2) is 48.8 Å². The molecule has 2 N–H and O–H groups in total. The third kappa shape index (κ3) is 4.39. The molecule has 4 rings (SSSR count). The van der Waals surface area contributed by atoms with E-state index in [4.69, 9.17) is 0 Å². The zero-order valence-electron chi connectivity index (χ0n) is 15.2. The number of carbonyl (C=O) groups excluding carboxylic acids is 1. The van der Waals surface area contributed by atoms with Crippen molar-refractivity contribution < 1.29 is 4.79 Å². The van der Waals surface area contributed by atoms with Gasteiger partial charge in [-0.15, -0.1) is 0 Å². The Hall–Kier alpha value is -3.02. The highest BCUT2D eigenvalue weighted by Crippen LogP contribution is 2.26. The topological polar surface area (TPSA) is 83.6 Å². The van der Waals surface area contributed by atoms with Gasteiger partial charge in [-0.2, -0.15) is 5.10 Å². The molecule has 3 aromatic rings. The Kier molecular flexibility index (Phi) is 5.23. The second kappa shape index (κ2) is 8.12. The summed E-state index contributed by atoms with van der Waals surface area (Å²) in [4.78, 5) is 21.0. The first kappa shape index (κ1) is 17.4. The molecule has 6 nitrogen and oxygen atoms in total. The van der Waals surface area contributed by atoms with Crippen LogP contribution in [-0.2, 0) is 6.42 Å². The molecule has 1 amide bonds. The molecule has 1 fully saturated rings. The summed E-state index contributed by atoms with van der Waals surface area (Å²) in [5.41, 5.74) is 2.41. The van der Waals surface area contributed by atoms with E-state index in [0.29, 0.717) is 17.2 Å². The number of amides is 1. The summed E-state index contributed by atoms with van der Waals surface area (Å²) < 4.78 is 0. The minimum atomic E-state index is -0.259. The van der Waals surface area contributed by atoms with Crippen molar-refractivity contribution in [3.8, 4) is 11.4 Å². The molecule has 138 valence electrons. The Morgan fingerprint density at radius 2 is 1.81 bits per heavy atom. The molecule has 0 spiro atoms. The Balaban J connectivity index is 1.37. The van der Waals surface area contributed by atoms with Crippen molar-refractivity contribution in [3.63, 3.8) is 0 Å². The lowest BCUT2D eigenvalue weighted by Crippen LogP contribution is -2.13. The minimum Gasteiger partial charge on any atom is -0.305 e. The van der Waals surface area contributed by atoms with Crippen LogP contribution >= 0.6 is 0 Å². The molecule has 0 atom stereocenters. The van der Waals surface area contributed by atoms with Crippen molar-refractivity contribution in [2.75, 3.05) is 5.32 Å². The third-order valence-electron chi connectivity index (χ3n) is 5.05. The van der Waals surface area contributed by atoms with Gasteiger partial charge < -0.3 is 5.32 Å². The fraction of sp³-hybridized carbons (Fsp3) is 0.333. The first-order valence-corrected chi connectivity index (χ1v) is 9.51. The molecule has 2 heterocycles. The molecule has 1 aliphatic carbocycles. The number of nitrogens with zero attached hydrogens (tertiary/aromatic N) is 3. The summed E-state index contributed by atoms with van der Waals surface area (Å²) in [7, 11) is 0. The van der Waals surface area contributed by atoms with Crippen LogP contribution < -0.4 is 5.32 Å². The normalized spacial score (nSPS) is 14.8. The van der Waals surface area contributed by atoms with E-state index in [0.717, 1.165) is 23.6 Å². The van der Waals surface area contributed by atoms with Crippen LogP contribution in [0.1, 0.15) is 48.2 Å². The number of hydrogen-bond donors (Lipinski definition) is 2. The Morgan fingerprint density at radius 1 is 1.07 bits per heavy atom. The Bertz CT molecular complexity index is 882. The number of benzene rings is 1. The highest BCUT2D eigenvalue weighted by molar-refractivity contribution is 6.03. The third-order valence-corrected chi connectivity index (χ3v) is 5.05.